The molecule has 0 atom stereocenters. The SMILES string of the molecule is CCSCCCC1(c2cccc(C)c2)CNC1. The summed E-state index contributed by atoms with van der Waals surface area (Å²) in [5.41, 5.74) is 3.36. The second-order valence-electron chi connectivity index (χ2n) is 5.05. The maximum atomic E-state index is 3.45. The number of rotatable bonds is 6. The highest BCUT2D eigenvalue weighted by Crippen LogP contribution is 2.34. The van der Waals surface area contributed by atoms with E-state index < -0.39 is 0 Å². The average molecular weight is 249 g/mol. The van der Waals surface area contributed by atoms with E-state index in [0.29, 0.717) is 5.41 Å². The van der Waals surface area contributed by atoms with E-state index >= 15 is 0 Å². The van der Waals surface area contributed by atoms with Crippen LogP contribution in [-0.2, 0) is 5.41 Å². The lowest BCUT2D eigenvalue weighted by Crippen LogP contribution is -2.56. The fourth-order valence-corrected chi connectivity index (χ4v) is 3.22. The first kappa shape index (κ1) is 13.0. The van der Waals surface area contributed by atoms with E-state index in [2.05, 4.69) is 55.2 Å². The molecule has 2 heteroatoms. The highest BCUT2D eigenvalue weighted by Gasteiger charge is 2.37. The molecule has 0 aliphatic carbocycles. The molecule has 0 radical (unpaired) electrons. The van der Waals surface area contributed by atoms with Crippen LogP contribution in [0.15, 0.2) is 24.3 Å². The van der Waals surface area contributed by atoms with Gasteiger partial charge in [0.25, 0.3) is 0 Å². The summed E-state index contributed by atoms with van der Waals surface area (Å²) in [4.78, 5) is 0. The third kappa shape index (κ3) is 3.05. The Labute approximate surface area is 109 Å². The standard InChI is InChI=1S/C15H23NS/c1-3-17-9-5-8-15(11-16-12-15)14-7-4-6-13(2)10-14/h4,6-7,10,16H,3,5,8-9,11-12H2,1-2H3. The first-order valence-corrected chi connectivity index (χ1v) is 7.78. The number of hydrogen-bond donors (Lipinski definition) is 1. The number of nitrogens with one attached hydrogen (secondary N) is 1. The van der Waals surface area contributed by atoms with Crippen LogP contribution in [0.3, 0.4) is 0 Å². The van der Waals surface area contributed by atoms with Gasteiger partial charge >= 0.3 is 0 Å². The van der Waals surface area contributed by atoms with Gasteiger partial charge in [-0.3, -0.25) is 0 Å². The number of aryl methyl sites for hydroxylation is 1. The third-order valence-electron chi connectivity index (χ3n) is 3.71. The lowest BCUT2D eigenvalue weighted by molar-refractivity contribution is 0.256. The summed E-state index contributed by atoms with van der Waals surface area (Å²) < 4.78 is 0. The first-order chi connectivity index (χ1) is 8.27. The summed E-state index contributed by atoms with van der Waals surface area (Å²) in [6, 6.07) is 9.07. The molecule has 0 saturated carbocycles. The van der Waals surface area contributed by atoms with Gasteiger partial charge in [-0.25, -0.2) is 0 Å². The summed E-state index contributed by atoms with van der Waals surface area (Å²) in [7, 11) is 0. The van der Waals surface area contributed by atoms with Gasteiger partial charge in [0.15, 0.2) is 0 Å². The van der Waals surface area contributed by atoms with Gasteiger partial charge in [0.2, 0.25) is 0 Å². The summed E-state index contributed by atoms with van der Waals surface area (Å²) in [6.45, 7) is 6.75. The molecule has 1 heterocycles. The molecule has 0 spiro atoms. The van der Waals surface area contributed by atoms with Crippen LogP contribution in [0.5, 0.6) is 0 Å². The van der Waals surface area contributed by atoms with Crippen LogP contribution in [0.1, 0.15) is 30.9 Å². The molecule has 2 rings (SSSR count). The molecule has 1 nitrogen and oxygen atoms in total. The molecule has 1 fully saturated rings. The third-order valence-corrected chi connectivity index (χ3v) is 4.69. The Hall–Kier alpha value is -0.470. The minimum Gasteiger partial charge on any atom is -0.315 e. The molecular formula is C15H23NS. The fourth-order valence-electron chi connectivity index (χ4n) is 2.58. The van der Waals surface area contributed by atoms with Gasteiger partial charge in [0.05, 0.1) is 0 Å². The zero-order valence-corrected chi connectivity index (χ0v) is 11.8. The first-order valence-electron chi connectivity index (χ1n) is 6.62. The van der Waals surface area contributed by atoms with Gasteiger partial charge < -0.3 is 5.32 Å². The molecular weight excluding hydrogens is 226 g/mol. The maximum Gasteiger partial charge on any atom is 0.0203 e. The Balaban J connectivity index is 1.99. The van der Waals surface area contributed by atoms with Crippen LogP contribution in [-0.4, -0.2) is 24.6 Å². The van der Waals surface area contributed by atoms with E-state index in [-0.39, 0.29) is 0 Å². The van der Waals surface area contributed by atoms with Gasteiger partial charge in [-0.1, -0.05) is 36.8 Å². The molecule has 1 aromatic carbocycles. The van der Waals surface area contributed by atoms with Crippen LogP contribution < -0.4 is 5.32 Å². The Morgan fingerprint density at radius 2 is 2.18 bits per heavy atom. The van der Waals surface area contributed by atoms with Gasteiger partial charge in [0.1, 0.15) is 0 Å². The van der Waals surface area contributed by atoms with Crippen LogP contribution >= 0.6 is 11.8 Å². The van der Waals surface area contributed by atoms with E-state index in [9.17, 15) is 0 Å². The van der Waals surface area contributed by atoms with E-state index in [1.54, 1.807) is 0 Å². The van der Waals surface area contributed by atoms with Crippen molar-refractivity contribution in [1.82, 2.24) is 5.32 Å². The Kier molecular flexibility index (Phi) is 4.52. The van der Waals surface area contributed by atoms with E-state index in [0.717, 1.165) is 13.1 Å². The molecule has 0 bridgehead atoms. The summed E-state index contributed by atoms with van der Waals surface area (Å²) in [5, 5.41) is 3.45. The van der Waals surface area contributed by atoms with Crippen molar-refractivity contribution in [2.75, 3.05) is 24.6 Å². The molecule has 1 aromatic rings. The molecule has 1 N–H and O–H groups in total. The quantitative estimate of drug-likeness (QED) is 0.776. The average Bonchev–Trinajstić information content (AvgIpc) is 2.27. The smallest absolute Gasteiger partial charge is 0.0203 e. The van der Waals surface area contributed by atoms with Crippen molar-refractivity contribution in [3.8, 4) is 0 Å². The van der Waals surface area contributed by atoms with Crippen molar-refractivity contribution in [2.45, 2.75) is 32.1 Å². The van der Waals surface area contributed by atoms with Gasteiger partial charge in [-0.15, -0.1) is 0 Å². The molecule has 1 aliphatic rings. The zero-order valence-electron chi connectivity index (χ0n) is 11.0. The molecule has 94 valence electrons. The maximum absolute atomic E-state index is 3.45. The highest BCUT2D eigenvalue weighted by atomic mass is 32.2. The lowest BCUT2D eigenvalue weighted by Gasteiger charge is -2.43. The van der Waals surface area contributed by atoms with Crippen LogP contribution in [0.4, 0.5) is 0 Å². The second-order valence-corrected chi connectivity index (χ2v) is 6.45. The van der Waals surface area contributed by atoms with Crippen LogP contribution in [0.25, 0.3) is 0 Å². The number of benzene rings is 1. The molecule has 0 amide bonds. The summed E-state index contributed by atoms with van der Waals surface area (Å²) in [5.74, 6) is 2.56. The number of hydrogen-bond acceptors (Lipinski definition) is 2. The van der Waals surface area contributed by atoms with E-state index in [1.807, 2.05) is 0 Å². The zero-order chi connectivity index (χ0) is 12.1. The summed E-state index contributed by atoms with van der Waals surface area (Å²) >= 11 is 2.06. The second kappa shape index (κ2) is 5.92. The Morgan fingerprint density at radius 3 is 2.76 bits per heavy atom. The number of thioether (sulfide) groups is 1. The van der Waals surface area contributed by atoms with E-state index in [4.69, 9.17) is 0 Å². The largest absolute Gasteiger partial charge is 0.315 e. The normalized spacial score (nSPS) is 17.8. The van der Waals surface area contributed by atoms with E-state index in [1.165, 1.54) is 35.5 Å². The summed E-state index contributed by atoms with van der Waals surface area (Å²) in [6.07, 6.45) is 2.67. The van der Waals surface area contributed by atoms with Crippen molar-refractivity contribution >= 4 is 11.8 Å². The van der Waals surface area contributed by atoms with Gasteiger partial charge in [0, 0.05) is 18.5 Å². The van der Waals surface area contributed by atoms with Crippen LogP contribution in [0, 0.1) is 6.92 Å². The minimum atomic E-state index is 0.431. The molecule has 1 saturated heterocycles. The minimum absolute atomic E-state index is 0.431. The molecule has 0 aromatic heterocycles. The monoisotopic (exact) mass is 249 g/mol. The van der Waals surface area contributed by atoms with Crippen molar-refractivity contribution in [2.24, 2.45) is 0 Å². The predicted molar refractivity (Wildman–Crippen MR) is 78.0 cm³/mol. The predicted octanol–water partition coefficient (Wildman–Crippen LogP) is 3.37. The van der Waals surface area contributed by atoms with Gasteiger partial charge in [-0.05, 0) is 36.8 Å². The van der Waals surface area contributed by atoms with Crippen LogP contribution in [0.2, 0.25) is 0 Å². The molecule has 0 unspecified atom stereocenters. The van der Waals surface area contributed by atoms with Gasteiger partial charge in [-0.2, -0.15) is 11.8 Å². The van der Waals surface area contributed by atoms with Crippen molar-refractivity contribution < 1.29 is 0 Å². The Morgan fingerprint density at radius 1 is 1.35 bits per heavy atom. The van der Waals surface area contributed by atoms with Crippen molar-refractivity contribution in [3.63, 3.8) is 0 Å². The fraction of sp³-hybridized carbons (Fsp3) is 0.600. The highest BCUT2D eigenvalue weighted by molar-refractivity contribution is 7.99. The lowest BCUT2D eigenvalue weighted by atomic mass is 9.72. The molecule has 1 aliphatic heterocycles. The molecule has 17 heavy (non-hydrogen) atoms. The Bertz CT molecular complexity index is 358. The van der Waals surface area contributed by atoms with Crippen molar-refractivity contribution in [1.29, 1.82) is 0 Å². The topological polar surface area (TPSA) is 12.0 Å². The van der Waals surface area contributed by atoms with Crippen molar-refractivity contribution in [3.05, 3.63) is 35.4 Å².